The van der Waals surface area contributed by atoms with Crippen LogP contribution in [0.2, 0.25) is 0 Å². The number of piperazine rings is 1. The Bertz CT molecular complexity index is 1830. The summed E-state index contributed by atoms with van der Waals surface area (Å²) < 4.78 is 17.0. The van der Waals surface area contributed by atoms with Gasteiger partial charge in [-0.2, -0.15) is 0 Å². The molecule has 2 saturated heterocycles. The zero-order chi connectivity index (χ0) is 32.3. The summed E-state index contributed by atoms with van der Waals surface area (Å²) in [6, 6.07) is 18.3. The molecule has 10 heteroatoms. The Balaban J connectivity index is 1.08. The van der Waals surface area contributed by atoms with E-state index in [1.807, 2.05) is 55.1 Å². The lowest BCUT2D eigenvalue weighted by Gasteiger charge is -2.33. The van der Waals surface area contributed by atoms with Gasteiger partial charge in [0.15, 0.2) is 5.67 Å². The predicted octanol–water partition coefficient (Wildman–Crippen LogP) is 5.05. The van der Waals surface area contributed by atoms with Crippen LogP contribution in [0.5, 0.6) is 0 Å². The molecule has 3 fully saturated rings. The summed E-state index contributed by atoms with van der Waals surface area (Å²) in [4.78, 5) is 38.6. The van der Waals surface area contributed by atoms with Gasteiger partial charge in [-0.15, -0.1) is 0 Å². The second-order valence-corrected chi connectivity index (χ2v) is 13.7. The Hall–Kier alpha value is -4.57. The number of imidazole rings is 1. The smallest absolute Gasteiger partial charge is 0.258 e. The lowest BCUT2D eigenvalue weighted by Crippen LogP contribution is -2.51. The van der Waals surface area contributed by atoms with E-state index in [1.54, 1.807) is 6.33 Å². The van der Waals surface area contributed by atoms with Gasteiger partial charge >= 0.3 is 0 Å². The van der Waals surface area contributed by atoms with Gasteiger partial charge in [0.2, 0.25) is 5.91 Å². The third-order valence-electron chi connectivity index (χ3n) is 10.5. The van der Waals surface area contributed by atoms with E-state index in [0.29, 0.717) is 24.2 Å². The molecule has 2 aromatic heterocycles. The van der Waals surface area contributed by atoms with Crippen LogP contribution in [0.15, 0.2) is 67.1 Å². The van der Waals surface area contributed by atoms with E-state index in [1.165, 1.54) is 0 Å². The number of carbonyl (C=O) groups excluding carboxylic acids is 2. The molecule has 1 unspecified atom stereocenters. The summed E-state index contributed by atoms with van der Waals surface area (Å²) >= 11 is 0. The standard InChI is InChI=1S/C37H40FN7O2/c1-22-34(44(2)21-41-22)24-8-10-27(11-9-24)42-35(46)33(43-36(47)37(38)13-14-37)30-5-3-4-23-6-7-25(16-31(23)30)26-12-15-39-32(17-26)45-20-28-18-29(45)19-40-28/h6-12,15-17,21,28-30,33,40H,3-5,13-14,18-20H2,1-2H3,(H,42,46)(H,43,47)/t28?,29-,30-,33+/m1/s1. The molecular weight excluding hydrogens is 593 g/mol. The van der Waals surface area contributed by atoms with Crippen LogP contribution in [-0.2, 0) is 23.1 Å². The molecule has 0 radical (unpaired) electrons. The zero-order valence-corrected chi connectivity index (χ0v) is 26.8. The highest BCUT2D eigenvalue weighted by atomic mass is 19.1. The van der Waals surface area contributed by atoms with Gasteiger partial charge in [0, 0.05) is 55.6 Å². The monoisotopic (exact) mass is 633 g/mol. The van der Waals surface area contributed by atoms with Crippen molar-refractivity contribution in [1.29, 1.82) is 0 Å². The van der Waals surface area contributed by atoms with Gasteiger partial charge in [0.1, 0.15) is 11.9 Å². The first-order valence-corrected chi connectivity index (χ1v) is 16.7. The Morgan fingerprint density at radius 1 is 1.04 bits per heavy atom. The van der Waals surface area contributed by atoms with Crippen molar-refractivity contribution in [1.82, 2.24) is 25.2 Å². The molecule has 2 bridgehead atoms. The minimum absolute atomic E-state index is 0.187. The summed E-state index contributed by atoms with van der Waals surface area (Å²) in [6.45, 7) is 3.91. The Morgan fingerprint density at radius 2 is 1.83 bits per heavy atom. The van der Waals surface area contributed by atoms with Gasteiger partial charge < -0.3 is 25.4 Å². The fourth-order valence-corrected chi connectivity index (χ4v) is 7.81. The fourth-order valence-electron chi connectivity index (χ4n) is 7.81. The molecule has 242 valence electrons. The quantitative estimate of drug-likeness (QED) is 0.251. The average Bonchev–Trinajstić information content (AvgIpc) is 3.37. The van der Waals surface area contributed by atoms with Crippen LogP contribution in [-0.4, -0.2) is 63.2 Å². The molecule has 2 amide bonds. The number of anilines is 2. The lowest BCUT2D eigenvalue weighted by molar-refractivity contribution is -0.131. The number of fused-ring (bicyclic) bond motifs is 3. The molecular formula is C37H40FN7O2. The van der Waals surface area contributed by atoms with Gasteiger partial charge in [0.25, 0.3) is 5.91 Å². The van der Waals surface area contributed by atoms with Gasteiger partial charge in [-0.25, -0.2) is 14.4 Å². The van der Waals surface area contributed by atoms with E-state index in [-0.39, 0.29) is 24.7 Å². The number of aryl methyl sites for hydroxylation is 3. The minimum atomic E-state index is -1.89. The molecule has 3 N–H and O–H groups in total. The molecule has 0 spiro atoms. The fraction of sp³-hybridized carbons (Fsp3) is 0.405. The summed E-state index contributed by atoms with van der Waals surface area (Å²) in [7, 11) is 1.95. The van der Waals surface area contributed by atoms with Crippen LogP contribution in [0.3, 0.4) is 0 Å². The van der Waals surface area contributed by atoms with Gasteiger partial charge in [-0.05, 0) is 92.0 Å². The molecule has 47 heavy (non-hydrogen) atoms. The number of halogens is 1. The maximum atomic E-state index is 15.0. The van der Waals surface area contributed by atoms with Crippen molar-refractivity contribution >= 4 is 23.3 Å². The molecule has 4 atom stereocenters. The SMILES string of the molecule is Cc1ncn(C)c1-c1ccc(NC(=O)[C@@H](NC(=O)C2(F)CC2)[C@@H]2CCCc3ccc(-c4ccnc(N5CC6C[C@@H]5CN6)c4)cc32)cc1. The Labute approximate surface area is 274 Å². The van der Waals surface area contributed by atoms with Gasteiger partial charge in [-0.3, -0.25) is 9.59 Å². The van der Waals surface area contributed by atoms with E-state index < -0.39 is 17.6 Å². The summed E-state index contributed by atoms with van der Waals surface area (Å²) in [6.07, 6.45) is 7.64. The molecule has 1 saturated carbocycles. The van der Waals surface area contributed by atoms with Gasteiger partial charge in [0.05, 0.1) is 17.7 Å². The highest BCUT2D eigenvalue weighted by Crippen LogP contribution is 2.42. The van der Waals surface area contributed by atoms with Crippen LogP contribution in [0.4, 0.5) is 15.9 Å². The van der Waals surface area contributed by atoms with E-state index in [9.17, 15) is 14.0 Å². The first kappa shape index (κ1) is 29.8. The number of carbonyl (C=O) groups is 2. The topological polar surface area (TPSA) is 104 Å². The number of rotatable bonds is 8. The molecule has 2 aliphatic heterocycles. The van der Waals surface area contributed by atoms with E-state index in [0.717, 1.165) is 77.4 Å². The zero-order valence-electron chi connectivity index (χ0n) is 26.8. The summed E-state index contributed by atoms with van der Waals surface area (Å²) in [5.41, 5.74) is 5.93. The Kier molecular flexibility index (Phi) is 7.35. The highest BCUT2D eigenvalue weighted by molar-refractivity contribution is 6.00. The van der Waals surface area contributed by atoms with Crippen molar-refractivity contribution in [2.75, 3.05) is 23.3 Å². The number of nitrogens with zero attached hydrogens (tertiary/aromatic N) is 4. The largest absolute Gasteiger partial charge is 0.351 e. The van der Waals surface area contributed by atoms with Crippen molar-refractivity contribution in [3.8, 4) is 22.4 Å². The van der Waals surface area contributed by atoms with Crippen LogP contribution in [0.25, 0.3) is 22.4 Å². The lowest BCUT2D eigenvalue weighted by atomic mass is 9.77. The molecule has 4 heterocycles. The Morgan fingerprint density at radius 3 is 2.53 bits per heavy atom. The number of hydrogen-bond acceptors (Lipinski definition) is 6. The summed E-state index contributed by atoms with van der Waals surface area (Å²) in [5.74, 6) is -0.365. The predicted molar refractivity (Wildman–Crippen MR) is 180 cm³/mol. The normalized spacial score (nSPS) is 22.9. The molecule has 2 aromatic carbocycles. The van der Waals surface area contributed by atoms with Crippen LogP contribution >= 0.6 is 0 Å². The van der Waals surface area contributed by atoms with E-state index in [4.69, 9.17) is 4.98 Å². The first-order valence-electron chi connectivity index (χ1n) is 16.7. The molecule has 4 aliphatic rings. The van der Waals surface area contributed by atoms with Crippen LogP contribution in [0, 0.1) is 6.92 Å². The second kappa shape index (κ2) is 11.6. The molecule has 2 aliphatic carbocycles. The average molecular weight is 634 g/mol. The number of nitrogens with one attached hydrogen (secondary N) is 3. The third kappa shape index (κ3) is 5.58. The maximum absolute atomic E-state index is 15.0. The first-order chi connectivity index (χ1) is 22.8. The maximum Gasteiger partial charge on any atom is 0.258 e. The van der Waals surface area contributed by atoms with Crippen LogP contribution < -0.4 is 20.9 Å². The number of aromatic nitrogens is 3. The van der Waals surface area contributed by atoms with Crippen molar-refractivity contribution < 1.29 is 14.0 Å². The number of alkyl halides is 1. The number of amides is 2. The van der Waals surface area contributed by atoms with E-state index >= 15 is 0 Å². The highest BCUT2D eigenvalue weighted by Gasteiger charge is 2.52. The molecule has 8 rings (SSSR count). The minimum Gasteiger partial charge on any atom is -0.351 e. The van der Waals surface area contributed by atoms with Crippen molar-refractivity contribution in [3.05, 3.63) is 83.9 Å². The van der Waals surface area contributed by atoms with Crippen molar-refractivity contribution in [2.24, 2.45) is 7.05 Å². The summed E-state index contributed by atoms with van der Waals surface area (Å²) in [5, 5.41) is 9.45. The number of benzene rings is 2. The number of pyridine rings is 1. The molecule has 4 aromatic rings. The van der Waals surface area contributed by atoms with Crippen LogP contribution in [0.1, 0.15) is 54.8 Å². The van der Waals surface area contributed by atoms with E-state index in [2.05, 4.69) is 50.1 Å². The second-order valence-electron chi connectivity index (χ2n) is 13.7. The van der Waals surface area contributed by atoms with Crippen molar-refractivity contribution in [2.45, 2.75) is 75.2 Å². The third-order valence-corrected chi connectivity index (χ3v) is 10.5. The molecule has 9 nitrogen and oxygen atoms in total. The van der Waals surface area contributed by atoms with Gasteiger partial charge in [-0.1, -0.05) is 30.3 Å². The number of hydrogen-bond donors (Lipinski definition) is 3. The van der Waals surface area contributed by atoms with Crippen molar-refractivity contribution in [3.63, 3.8) is 0 Å².